The van der Waals surface area contributed by atoms with Crippen molar-refractivity contribution in [2.45, 2.75) is 32.0 Å². The molecule has 1 unspecified atom stereocenters. The zero-order valence-electron chi connectivity index (χ0n) is 10.9. The highest BCUT2D eigenvalue weighted by molar-refractivity contribution is 6.18. The van der Waals surface area contributed by atoms with E-state index in [1.165, 1.54) is 0 Å². The molecule has 0 heterocycles. The van der Waals surface area contributed by atoms with Crippen LogP contribution in [0.25, 0.3) is 0 Å². The van der Waals surface area contributed by atoms with Gasteiger partial charge in [0.15, 0.2) is 0 Å². The quantitative estimate of drug-likeness (QED) is 0.661. The van der Waals surface area contributed by atoms with Gasteiger partial charge in [0.25, 0.3) is 5.91 Å². The summed E-state index contributed by atoms with van der Waals surface area (Å²) in [6, 6.07) is 2.59. The van der Waals surface area contributed by atoms with Crippen molar-refractivity contribution in [1.29, 1.82) is 0 Å². The highest BCUT2D eigenvalue weighted by Crippen LogP contribution is 2.32. The zero-order valence-corrected chi connectivity index (χ0v) is 11.7. The van der Waals surface area contributed by atoms with E-state index in [0.717, 1.165) is 12.1 Å². The van der Waals surface area contributed by atoms with Crippen molar-refractivity contribution in [3.63, 3.8) is 0 Å². The third kappa shape index (κ3) is 3.62. The molecule has 1 aromatic carbocycles. The topological polar surface area (TPSA) is 29.1 Å². The minimum Gasteiger partial charge on any atom is -0.346 e. The van der Waals surface area contributed by atoms with Crippen LogP contribution in [-0.4, -0.2) is 17.3 Å². The van der Waals surface area contributed by atoms with E-state index in [9.17, 15) is 22.4 Å². The van der Waals surface area contributed by atoms with Gasteiger partial charge in [-0.25, -0.2) is 4.39 Å². The Kier molecular flexibility index (Phi) is 5.02. The summed E-state index contributed by atoms with van der Waals surface area (Å²) >= 11 is 5.70. The van der Waals surface area contributed by atoms with E-state index in [1.807, 2.05) is 0 Å². The number of rotatable bonds is 4. The molecule has 1 rings (SSSR count). The first-order valence-electron chi connectivity index (χ1n) is 5.89. The Bertz CT molecular complexity index is 498. The minimum absolute atomic E-state index is 0.0653. The van der Waals surface area contributed by atoms with E-state index in [0.29, 0.717) is 12.5 Å². The summed E-state index contributed by atoms with van der Waals surface area (Å²) in [5.74, 6) is -2.43. The summed E-state index contributed by atoms with van der Waals surface area (Å²) in [5, 5.41) is 2.45. The molecule has 0 radical (unpaired) electrons. The van der Waals surface area contributed by atoms with Crippen LogP contribution in [0.5, 0.6) is 0 Å². The fourth-order valence-corrected chi connectivity index (χ4v) is 1.74. The third-order valence-electron chi connectivity index (χ3n) is 3.04. The van der Waals surface area contributed by atoms with E-state index in [-0.39, 0.29) is 5.88 Å². The second kappa shape index (κ2) is 5.99. The van der Waals surface area contributed by atoms with Gasteiger partial charge in [-0.1, -0.05) is 13.0 Å². The first kappa shape index (κ1) is 16.8. The molecule has 7 heteroatoms. The van der Waals surface area contributed by atoms with Crippen molar-refractivity contribution in [1.82, 2.24) is 5.32 Å². The van der Waals surface area contributed by atoms with Gasteiger partial charge in [0, 0.05) is 5.88 Å². The number of amides is 1. The lowest BCUT2D eigenvalue weighted by Crippen LogP contribution is -2.47. The SMILES string of the molecule is CCC(C)(CCl)NC(=O)c1cccc(C(F)(F)F)c1F. The molecule has 0 bridgehead atoms. The lowest BCUT2D eigenvalue weighted by molar-refractivity contribution is -0.140. The van der Waals surface area contributed by atoms with E-state index in [1.54, 1.807) is 13.8 Å². The molecule has 0 aliphatic rings. The smallest absolute Gasteiger partial charge is 0.346 e. The first-order valence-corrected chi connectivity index (χ1v) is 6.42. The minimum atomic E-state index is -4.85. The average Bonchev–Trinajstić information content (AvgIpc) is 2.37. The maximum absolute atomic E-state index is 13.8. The van der Waals surface area contributed by atoms with Crippen LogP contribution >= 0.6 is 11.6 Å². The van der Waals surface area contributed by atoms with Crippen LogP contribution < -0.4 is 5.32 Å². The van der Waals surface area contributed by atoms with Crippen molar-refractivity contribution >= 4 is 17.5 Å². The number of carbonyl (C=O) groups excluding carboxylic acids is 1. The lowest BCUT2D eigenvalue weighted by atomic mass is 10.0. The maximum Gasteiger partial charge on any atom is 0.419 e. The number of hydrogen-bond acceptors (Lipinski definition) is 1. The first-order chi connectivity index (χ1) is 9.14. The van der Waals surface area contributed by atoms with E-state index in [4.69, 9.17) is 11.6 Å². The molecule has 0 fully saturated rings. The van der Waals surface area contributed by atoms with E-state index < -0.39 is 34.6 Å². The largest absolute Gasteiger partial charge is 0.419 e. The number of hydrogen-bond donors (Lipinski definition) is 1. The van der Waals surface area contributed by atoms with Crippen molar-refractivity contribution in [2.24, 2.45) is 0 Å². The zero-order chi connectivity index (χ0) is 15.6. The molecule has 1 N–H and O–H groups in total. The Morgan fingerprint density at radius 2 is 1.95 bits per heavy atom. The van der Waals surface area contributed by atoms with E-state index in [2.05, 4.69) is 5.32 Å². The van der Waals surface area contributed by atoms with Gasteiger partial charge in [0.05, 0.1) is 16.7 Å². The molecular weight excluding hydrogens is 298 g/mol. The molecule has 1 amide bonds. The van der Waals surface area contributed by atoms with Gasteiger partial charge in [-0.05, 0) is 25.5 Å². The normalized spacial score (nSPS) is 14.8. The van der Waals surface area contributed by atoms with Crippen LogP contribution in [0.4, 0.5) is 17.6 Å². The highest BCUT2D eigenvalue weighted by atomic mass is 35.5. The monoisotopic (exact) mass is 311 g/mol. The van der Waals surface area contributed by atoms with Gasteiger partial charge in [-0.15, -0.1) is 11.6 Å². The molecule has 0 aliphatic carbocycles. The summed E-state index contributed by atoms with van der Waals surface area (Å²) in [5.41, 5.74) is -2.92. The number of halogens is 5. The Morgan fingerprint density at radius 3 is 2.40 bits per heavy atom. The summed E-state index contributed by atoms with van der Waals surface area (Å²) < 4.78 is 51.5. The van der Waals surface area contributed by atoms with Crippen molar-refractivity contribution in [3.05, 3.63) is 35.1 Å². The molecule has 1 atom stereocenters. The molecule has 112 valence electrons. The molecule has 0 aliphatic heterocycles. The van der Waals surface area contributed by atoms with Gasteiger partial charge in [-0.2, -0.15) is 13.2 Å². The Hall–Kier alpha value is -1.30. The number of carbonyl (C=O) groups is 1. The van der Waals surface area contributed by atoms with Crippen molar-refractivity contribution < 1.29 is 22.4 Å². The van der Waals surface area contributed by atoms with Crippen LogP contribution in [-0.2, 0) is 6.18 Å². The summed E-state index contributed by atoms with van der Waals surface area (Å²) in [6.45, 7) is 3.38. The summed E-state index contributed by atoms with van der Waals surface area (Å²) in [6.07, 6.45) is -4.39. The summed E-state index contributed by atoms with van der Waals surface area (Å²) in [7, 11) is 0. The predicted molar refractivity (Wildman–Crippen MR) is 68.3 cm³/mol. The summed E-state index contributed by atoms with van der Waals surface area (Å²) in [4.78, 5) is 11.9. The molecule has 20 heavy (non-hydrogen) atoms. The lowest BCUT2D eigenvalue weighted by Gasteiger charge is -2.27. The van der Waals surface area contributed by atoms with Crippen LogP contribution in [0.15, 0.2) is 18.2 Å². The highest BCUT2D eigenvalue weighted by Gasteiger charge is 2.36. The second-order valence-electron chi connectivity index (χ2n) is 4.67. The number of benzene rings is 1. The molecule has 0 saturated carbocycles. The van der Waals surface area contributed by atoms with Gasteiger partial charge in [0.2, 0.25) is 0 Å². The van der Waals surface area contributed by atoms with Crippen LogP contribution in [0.1, 0.15) is 36.2 Å². The Labute approximate surface area is 119 Å². The molecular formula is C13H14ClF4NO. The van der Waals surface area contributed by atoms with Gasteiger partial charge in [0.1, 0.15) is 5.82 Å². The van der Waals surface area contributed by atoms with Crippen molar-refractivity contribution in [3.8, 4) is 0 Å². The molecule has 0 saturated heterocycles. The molecule has 0 spiro atoms. The Morgan fingerprint density at radius 1 is 1.35 bits per heavy atom. The van der Waals surface area contributed by atoms with E-state index >= 15 is 0 Å². The van der Waals surface area contributed by atoms with Gasteiger partial charge in [-0.3, -0.25) is 4.79 Å². The molecule has 0 aromatic heterocycles. The third-order valence-corrected chi connectivity index (χ3v) is 3.63. The number of alkyl halides is 4. The van der Waals surface area contributed by atoms with Crippen LogP contribution in [0.3, 0.4) is 0 Å². The maximum atomic E-state index is 13.8. The van der Waals surface area contributed by atoms with Gasteiger partial charge < -0.3 is 5.32 Å². The molecule has 2 nitrogen and oxygen atoms in total. The van der Waals surface area contributed by atoms with Crippen LogP contribution in [0, 0.1) is 5.82 Å². The Balaban J connectivity index is 3.13. The second-order valence-corrected chi connectivity index (χ2v) is 4.93. The van der Waals surface area contributed by atoms with Crippen molar-refractivity contribution in [2.75, 3.05) is 5.88 Å². The average molecular weight is 312 g/mol. The number of nitrogens with one attached hydrogen (secondary N) is 1. The van der Waals surface area contributed by atoms with Gasteiger partial charge >= 0.3 is 6.18 Å². The molecule has 1 aromatic rings. The standard InChI is InChI=1S/C13H14ClF4NO/c1-3-12(2,7-14)19-11(20)8-5-4-6-9(10(8)15)13(16,17)18/h4-6H,3,7H2,1-2H3,(H,19,20). The van der Waals surface area contributed by atoms with Crippen LogP contribution in [0.2, 0.25) is 0 Å². The fraction of sp³-hybridized carbons (Fsp3) is 0.462. The fourth-order valence-electron chi connectivity index (χ4n) is 1.48. The predicted octanol–water partition coefficient (Wildman–Crippen LogP) is 3.98.